The molecule has 3 aliphatic rings. The molecule has 2 atom stereocenters. The highest BCUT2D eigenvalue weighted by atomic mass is 19.1. The predicted molar refractivity (Wildman–Crippen MR) is 115 cm³/mol. The van der Waals surface area contributed by atoms with Gasteiger partial charge in [-0.3, -0.25) is 4.79 Å². The molecule has 1 aliphatic carbocycles. The van der Waals surface area contributed by atoms with Gasteiger partial charge in [-0.1, -0.05) is 19.3 Å². The molecule has 4 nitrogen and oxygen atoms in total. The summed E-state index contributed by atoms with van der Waals surface area (Å²) < 4.78 is 13.6. The minimum atomic E-state index is -0.350. The second kappa shape index (κ2) is 7.54. The van der Waals surface area contributed by atoms with Crippen LogP contribution in [0, 0.1) is 17.7 Å². The van der Waals surface area contributed by atoms with E-state index < -0.39 is 0 Å². The van der Waals surface area contributed by atoms with Crippen molar-refractivity contribution in [3.05, 3.63) is 60.0 Å². The van der Waals surface area contributed by atoms with E-state index in [-0.39, 0.29) is 11.7 Å². The summed E-state index contributed by atoms with van der Waals surface area (Å²) in [4.78, 5) is 14.7. The van der Waals surface area contributed by atoms with Gasteiger partial charge in [0.1, 0.15) is 5.82 Å². The van der Waals surface area contributed by atoms with E-state index in [0.717, 1.165) is 24.1 Å². The number of nitrogens with zero attached hydrogens (tertiary/aromatic N) is 1. The van der Waals surface area contributed by atoms with Crippen LogP contribution in [0.4, 0.5) is 21.5 Å². The third kappa shape index (κ3) is 3.61. The van der Waals surface area contributed by atoms with Crippen LogP contribution >= 0.6 is 0 Å². The van der Waals surface area contributed by atoms with Gasteiger partial charge in [0.15, 0.2) is 0 Å². The van der Waals surface area contributed by atoms with E-state index in [2.05, 4.69) is 27.7 Å². The number of carbonyl (C=O) groups excluding carboxylic acids is 1. The lowest BCUT2D eigenvalue weighted by atomic mass is 9.75. The average Bonchev–Trinajstić information content (AvgIpc) is 3.06. The first-order valence-electron chi connectivity index (χ1n) is 10.6. The fourth-order valence-corrected chi connectivity index (χ4v) is 5.06. The number of carbonyl (C=O) groups is 1. The van der Waals surface area contributed by atoms with Crippen molar-refractivity contribution in [1.82, 2.24) is 0 Å². The molecule has 29 heavy (non-hydrogen) atoms. The van der Waals surface area contributed by atoms with Crippen molar-refractivity contribution < 1.29 is 9.18 Å². The van der Waals surface area contributed by atoms with Gasteiger partial charge < -0.3 is 15.5 Å². The zero-order valence-corrected chi connectivity index (χ0v) is 16.5. The van der Waals surface area contributed by atoms with Crippen LogP contribution < -0.4 is 15.5 Å². The number of halogens is 1. The van der Waals surface area contributed by atoms with Gasteiger partial charge >= 0.3 is 0 Å². The Morgan fingerprint density at radius 3 is 2.66 bits per heavy atom. The number of hydrogen-bond donors (Lipinski definition) is 2. The molecule has 2 aromatic rings. The number of benzene rings is 2. The smallest absolute Gasteiger partial charge is 0.257 e. The van der Waals surface area contributed by atoms with Crippen molar-refractivity contribution in [2.75, 3.05) is 28.6 Å². The Morgan fingerprint density at radius 1 is 1.03 bits per heavy atom. The Kier molecular flexibility index (Phi) is 4.74. The number of piperidine rings is 1. The maximum atomic E-state index is 13.6. The van der Waals surface area contributed by atoms with Gasteiger partial charge in [-0.2, -0.15) is 0 Å². The molecule has 2 aliphatic heterocycles. The number of hydrogen-bond acceptors (Lipinski definition) is 3. The van der Waals surface area contributed by atoms with Gasteiger partial charge in [0.05, 0.1) is 5.57 Å². The molecule has 1 saturated carbocycles. The summed E-state index contributed by atoms with van der Waals surface area (Å²) in [6.07, 6.45) is 8.54. The van der Waals surface area contributed by atoms with Crippen molar-refractivity contribution in [3.8, 4) is 0 Å². The average molecular weight is 391 g/mol. The fourth-order valence-electron chi connectivity index (χ4n) is 5.06. The first-order chi connectivity index (χ1) is 14.2. The molecular formula is C24H26FN3O. The predicted octanol–water partition coefficient (Wildman–Crippen LogP) is 5.25. The number of anilines is 3. The van der Waals surface area contributed by atoms with Crippen molar-refractivity contribution in [1.29, 1.82) is 0 Å². The third-order valence-corrected chi connectivity index (χ3v) is 6.67. The Hall–Kier alpha value is -2.82. The molecule has 5 heteroatoms. The van der Waals surface area contributed by atoms with Crippen molar-refractivity contribution >= 4 is 28.5 Å². The highest BCUT2D eigenvalue weighted by Crippen LogP contribution is 2.38. The molecule has 2 heterocycles. The Balaban J connectivity index is 1.27. The lowest BCUT2D eigenvalue weighted by Crippen LogP contribution is -2.41. The molecule has 2 N–H and O–H groups in total. The molecular weight excluding hydrogens is 365 g/mol. The van der Waals surface area contributed by atoms with E-state index in [0.29, 0.717) is 16.8 Å². The van der Waals surface area contributed by atoms with Crippen LogP contribution in [0.2, 0.25) is 0 Å². The van der Waals surface area contributed by atoms with Crippen LogP contribution in [-0.2, 0) is 4.79 Å². The third-order valence-electron chi connectivity index (χ3n) is 6.67. The first kappa shape index (κ1) is 18.2. The summed E-state index contributed by atoms with van der Waals surface area (Å²) in [6, 6.07) is 12.7. The minimum Gasteiger partial charge on any atom is -0.371 e. The van der Waals surface area contributed by atoms with Crippen LogP contribution in [-0.4, -0.2) is 19.0 Å². The van der Waals surface area contributed by atoms with Gasteiger partial charge in [0.2, 0.25) is 0 Å². The standard InChI is InChI=1S/C24H26FN3O/c25-18-5-10-23-21(13-18)22(24(29)27-23)14-26-19-6-8-20(9-7-19)28-12-11-16-3-1-2-4-17(16)15-28/h5-10,13-14,16-17,26H,1-4,11-12,15H2,(H,27,29). The maximum absolute atomic E-state index is 13.6. The van der Waals surface area contributed by atoms with Crippen LogP contribution in [0.15, 0.2) is 48.7 Å². The summed E-state index contributed by atoms with van der Waals surface area (Å²) in [7, 11) is 0. The minimum absolute atomic E-state index is 0.218. The topological polar surface area (TPSA) is 44.4 Å². The quantitative estimate of drug-likeness (QED) is 0.703. The lowest BCUT2D eigenvalue weighted by molar-refractivity contribution is -0.110. The van der Waals surface area contributed by atoms with Crippen LogP contribution in [0.25, 0.3) is 5.57 Å². The summed E-state index contributed by atoms with van der Waals surface area (Å²) >= 11 is 0. The SMILES string of the molecule is O=C1Nc2ccc(F)cc2C1=CNc1ccc(N2CCC3CCCCC3C2)cc1. The molecule has 1 saturated heterocycles. The van der Waals surface area contributed by atoms with Crippen LogP contribution in [0.1, 0.15) is 37.7 Å². The van der Waals surface area contributed by atoms with Gasteiger partial charge in [0, 0.05) is 41.9 Å². The number of amides is 1. The molecule has 0 radical (unpaired) electrons. The number of fused-ring (bicyclic) bond motifs is 2. The molecule has 0 spiro atoms. The molecule has 0 bridgehead atoms. The van der Waals surface area contributed by atoms with Crippen LogP contribution in [0.3, 0.4) is 0 Å². The van der Waals surface area contributed by atoms with Crippen LogP contribution in [0.5, 0.6) is 0 Å². The molecule has 2 unspecified atom stereocenters. The molecule has 2 aromatic carbocycles. The van der Waals surface area contributed by atoms with E-state index in [1.807, 2.05) is 12.1 Å². The van der Waals surface area contributed by atoms with E-state index in [4.69, 9.17) is 0 Å². The summed E-state index contributed by atoms with van der Waals surface area (Å²) in [5, 5.41) is 5.95. The Labute approximate surface area is 170 Å². The zero-order valence-electron chi connectivity index (χ0n) is 16.5. The normalized spacial score (nSPS) is 24.8. The summed E-state index contributed by atoms with van der Waals surface area (Å²) in [5.41, 5.74) is 3.85. The highest BCUT2D eigenvalue weighted by Gasteiger charge is 2.31. The monoisotopic (exact) mass is 391 g/mol. The maximum Gasteiger partial charge on any atom is 0.257 e. The number of nitrogens with one attached hydrogen (secondary N) is 2. The highest BCUT2D eigenvalue weighted by molar-refractivity contribution is 6.31. The second-order valence-electron chi connectivity index (χ2n) is 8.43. The van der Waals surface area contributed by atoms with E-state index >= 15 is 0 Å². The zero-order chi connectivity index (χ0) is 19.8. The molecule has 1 amide bonds. The van der Waals surface area contributed by atoms with Gasteiger partial charge in [-0.15, -0.1) is 0 Å². The molecule has 150 valence electrons. The van der Waals surface area contributed by atoms with E-state index in [1.165, 1.54) is 56.5 Å². The van der Waals surface area contributed by atoms with Gasteiger partial charge in [-0.25, -0.2) is 4.39 Å². The van der Waals surface area contributed by atoms with Crippen molar-refractivity contribution in [2.45, 2.75) is 32.1 Å². The Bertz CT molecular complexity index is 953. The molecule has 2 fully saturated rings. The van der Waals surface area contributed by atoms with E-state index in [9.17, 15) is 9.18 Å². The fraction of sp³-hybridized carbons (Fsp3) is 0.375. The summed E-state index contributed by atoms with van der Waals surface area (Å²) in [5.74, 6) is 1.21. The lowest BCUT2D eigenvalue weighted by Gasteiger charge is -2.42. The largest absolute Gasteiger partial charge is 0.371 e. The first-order valence-corrected chi connectivity index (χ1v) is 10.6. The number of rotatable bonds is 3. The molecule has 5 rings (SSSR count). The molecule has 0 aromatic heterocycles. The van der Waals surface area contributed by atoms with Crippen molar-refractivity contribution in [2.24, 2.45) is 11.8 Å². The van der Waals surface area contributed by atoms with Gasteiger partial charge in [-0.05, 0) is 67.1 Å². The summed E-state index contributed by atoms with van der Waals surface area (Å²) in [6.45, 7) is 2.31. The second-order valence-corrected chi connectivity index (χ2v) is 8.43. The van der Waals surface area contributed by atoms with Gasteiger partial charge in [0.25, 0.3) is 5.91 Å². The Morgan fingerprint density at radius 2 is 1.83 bits per heavy atom. The van der Waals surface area contributed by atoms with Crippen molar-refractivity contribution in [3.63, 3.8) is 0 Å². The van der Waals surface area contributed by atoms with E-state index in [1.54, 1.807) is 12.3 Å².